The second-order valence-corrected chi connectivity index (χ2v) is 4.69. The van der Waals surface area contributed by atoms with E-state index < -0.39 is 17.8 Å². The van der Waals surface area contributed by atoms with Crippen LogP contribution in [0.5, 0.6) is 0 Å². The number of amides is 1. The van der Waals surface area contributed by atoms with Gasteiger partial charge in [-0.15, -0.1) is 0 Å². The lowest BCUT2D eigenvalue weighted by atomic mass is 9.97. The van der Waals surface area contributed by atoms with Crippen LogP contribution in [-0.4, -0.2) is 16.8 Å². The van der Waals surface area contributed by atoms with Crippen LogP contribution in [0.3, 0.4) is 0 Å². The Kier molecular flexibility index (Phi) is 4.52. The number of carbonyl (C=O) groups is 1. The summed E-state index contributed by atoms with van der Waals surface area (Å²) in [5.41, 5.74) is 5.15. The molecule has 94 valence electrons. The van der Waals surface area contributed by atoms with Crippen molar-refractivity contribution < 1.29 is 14.6 Å². The van der Waals surface area contributed by atoms with Crippen molar-refractivity contribution in [2.75, 3.05) is 0 Å². The van der Waals surface area contributed by atoms with Crippen molar-refractivity contribution in [2.24, 2.45) is 5.73 Å². The SMILES string of the molecule is CC(C)(O)CCC(OC(N)=O)c1ccccc1. The average molecular weight is 237 g/mol. The van der Waals surface area contributed by atoms with Crippen LogP contribution in [-0.2, 0) is 4.74 Å². The average Bonchev–Trinajstić information content (AvgIpc) is 2.24. The third kappa shape index (κ3) is 5.36. The largest absolute Gasteiger partial charge is 0.442 e. The molecule has 1 amide bonds. The molecular formula is C13H19NO3. The van der Waals surface area contributed by atoms with Crippen molar-refractivity contribution in [1.82, 2.24) is 0 Å². The number of aliphatic hydroxyl groups is 1. The van der Waals surface area contributed by atoms with E-state index in [4.69, 9.17) is 10.5 Å². The Morgan fingerprint density at radius 2 is 2.00 bits per heavy atom. The second-order valence-electron chi connectivity index (χ2n) is 4.69. The highest BCUT2D eigenvalue weighted by atomic mass is 16.6. The van der Waals surface area contributed by atoms with E-state index in [2.05, 4.69) is 0 Å². The van der Waals surface area contributed by atoms with E-state index in [9.17, 15) is 9.90 Å². The van der Waals surface area contributed by atoms with Crippen molar-refractivity contribution in [3.05, 3.63) is 35.9 Å². The molecule has 0 radical (unpaired) electrons. The lowest BCUT2D eigenvalue weighted by molar-refractivity contribution is 0.0412. The number of hydrogen-bond donors (Lipinski definition) is 2. The topological polar surface area (TPSA) is 72.6 Å². The van der Waals surface area contributed by atoms with Crippen LogP contribution in [0.25, 0.3) is 0 Å². The molecule has 1 atom stereocenters. The van der Waals surface area contributed by atoms with Crippen molar-refractivity contribution in [2.45, 2.75) is 38.4 Å². The van der Waals surface area contributed by atoms with Crippen LogP contribution >= 0.6 is 0 Å². The highest BCUT2D eigenvalue weighted by Gasteiger charge is 2.20. The van der Waals surface area contributed by atoms with E-state index in [1.54, 1.807) is 13.8 Å². The quantitative estimate of drug-likeness (QED) is 0.825. The van der Waals surface area contributed by atoms with Crippen LogP contribution in [0.4, 0.5) is 4.79 Å². The van der Waals surface area contributed by atoms with Crippen LogP contribution in [0, 0.1) is 0 Å². The molecule has 1 rings (SSSR count). The minimum Gasteiger partial charge on any atom is -0.442 e. The molecule has 17 heavy (non-hydrogen) atoms. The van der Waals surface area contributed by atoms with Crippen LogP contribution in [0.15, 0.2) is 30.3 Å². The van der Waals surface area contributed by atoms with Gasteiger partial charge in [0.15, 0.2) is 0 Å². The van der Waals surface area contributed by atoms with Crippen LogP contribution in [0.2, 0.25) is 0 Å². The Balaban J connectivity index is 2.71. The molecule has 0 aliphatic rings. The van der Waals surface area contributed by atoms with Gasteiger partial charge in [-0.1, -0.05) is 30.3 Å². The smallest absolute Gasteiger partial charge is 0.405 e. The molecule has 0 saturated carbocycles. The number of rotatable bonds is 5. The molecule has 0 fully saturated rings. The summed E-state index contributed by atoms with van der Waals surface area (Å²) in [5, 5.41) is 9.68. The first kappa shape index (κ1) is 13.5. The van der Waals surface area contributed by atoms with Gasteiger partial charge < -0.3 is 15.6 Å². The van der Waals surface area contributed by atoms with Crippen LogP contribution in [0.1, 0.15) is 38.4 Å². The minimum absolute atomic E-state index is 0.403. The molecule has 0 bridgehead atoms. The maximum Gasteiger partial charge on any atom is 0.405 e. The van der Waals surface area contributed by atoms with Gasteiger partial charge in [-0.2, -0.15) is 0 Å². The highest BCUT2D eigenvalue weighted by molar-refractivity contribution is 5.65. The van der Waals surface area contributed by atoms with Crippen molar-refractivity contribution >= 4 is 6.09 Å². The zero-order valence-corrected chi connectivity index (χ0v) is 10.2. The molecule has 0 aromatic heterocycles. The van der Waals surface area contributed by atoms with Gasteiger partial charge in [0.2, 0.25) is 0 Å². The van der Waals surface area contributed by atoms with E-state index in [0.717, 1.165) is 5.56 Å². The predicted molar refractivity (Wildman–Crippen MR) is 65.4 cm³/mol. The molecule has 4 nitrogen and oxygen atoms in total. The van der Waals surface area contributed by atoms with Crippen molar-refractivity contribution in [3.8, 4) is 0 Å². The van der Waals surface area contributed by atoms with E-state index in [-0.39, 0.29) is 0 Å². The maximum absolute atomic E-state index is 10.8. The summed E-state index contributed by atoms with van der Waals surface area (Å²) in [4.78, 5) is 10.8. The number of primary amides is 1. The fraction of sp³-hybridized carbons (Fsp3) is 0.462. The lowest BCUT2D eigenvalue weighted by Gasteiger charge is -2.22. The Labute approximate surface area is 101 Å². The van der Waals surface area contributed by atoms with Crippen molar-refractivity contribution in [3.63, 3.8) is 0 Å². The molecule has 0 aliphatic carbocycles. The first-order chi connectivity index (χ1) is 7.88. The normalized spacial score (nSPS) is 13.1. The monoisotopic (exact) mass is 237 g/mol. The number of carbonyl (C=O) groups excluding carboxylic acids is 1. The third-order valence-corrected chi connectivity index (χ3v) is 2.45. The summed E-state index contributed by atoms with van der Waals surface area (Å²) in [6.45, 7) is 3.44. The molecule has 0 saturated heterocycles. The molecule has 3 N–H and O–H groups in total. The van der Waals surface area contributed by atoms with E-state index in [1.807, 2.05) is 30.3 Å². The number of nitrogens with two attached hydrogens (primary N) is 1. The first-order valence-corrected chi connectivity index (χ1v) is 5.62. The molecule has 1 aromatic rings. The first-order valence-electron chi connectivity index (χ1n) is 5.62. The van der Waals surface area contributed by atoms with E-state index in [1.165, 1.54) is 0 Å². The second kappa shape index (κ2) is 5.68. The van der Waals surface area contributed by atoms with Gasteiger partial charge >= 0.3 is 6.09 Å². The molecule has 1 aromatic carbocycles. The van der Waals surface area contributed by atoms with Gasteiger partial charge in [-0.25, -0.2) is 4.79 Å². The van der Waals surface area contributed by atoms with Crippen LogP contribution < -0.4 is 5.73 Å². The molecule has 1 unspecified atom stereocenters. The molecule has 0 heterocycles. The summed E-state index contributed by atoms with van der Waals surface area (Å²) in [6, 6.07) is 9.38. The standard InChI is InChI=1S/C13H19NO3/c1-13(2,16)9-8-11(17-12(14)15)10-6-4-3-5-7-10/h3-7,11,16H,8-9H2,1-2H3,(H2,14,15). The van der Waals surface area contributed by atoms with Gasteiger partial charge in [0.1, 0.15) is 6.10 Å². The minimum atomic E-state index is -0.797. The Morgan fingerprint density at radius 1 is 1.41 bits per heavy atom. The van der Waals surface area contributed by atoms with Crippen molar-refractivity contribution in [1.29, 1.82) is 0 Å². The number of ether oxygens (including phenoxy) is 1. The Bertz CT molecular complexity index is 357. The van der Waals surface area contributed by atoms with Gasteiger partial charge in [-0.05, 0) is 32.3 Å². The molecular weight excluding hydrogens is 218 g/mol. The maximum atomic E-state index is 10.8. The number of benzene rings is 1. The fourth-order valence-corrected chi connectivity index (χ4v) is 1.59. The highest BCUT2D eigenvalue weighted by Crippen LogP contribution is 2.25. The third-order valence-electron chi connectivity index (χ3n) is 2.45. The lowest BCUT2D eigenvalue weighted by Crippen LogP contribution is -2.22. The van der Waals surface area contributed by atoms with Gasteiger partial charge in [0.05, 0.1) is 5.60 Å². The summed E-state index contributed by atoms with van der Waals surface area (Å²) in [5.74, 6) is 0. The number of hydrogen-bond acceptors (Lipinski definition) is 3. The van der Waals surface area contributed by atoms with E-state index in [0.29, 0.717) is 12.8 Å². The van der Waals surface area contributed by atoms with Gasteiger partial charge in [0.25, 0.3) is 0 Å². The molecule has 4 heteroatoms. The predicted octanol–water partition coefficient (Wildman–Crippen LogP) is 2.37. The zero-order chi connectivity index (χ0) is 12.9. The van der Waals surface area contributed by atoms with E-state index >= 15 is 0 Å². The summed E-state index contributed by atoms with van der Waals surface area (Å²) >= 11 is 0. The van der Waals surface area contributed by atoms with Gasteiger partial charge in [-0.3, -0.25) is 0 Å². The Morgan fingerprint density at radius 3 is 2.47 bits per heavy atom. The molecule has 0 spiro atoms. The summed E-state index contributed by atoms with van der Waals surface area (Å²) < 4.78 is 5.06. The fourth-order valence-electron chi connectivity index (χ4n) is 1.59. The Hall–Kier alpha value is -1.55. The molecule has 0 aliphatic heterocycles. The summed E-state index contributed by atoms with van der Waals surface area (Å²) in [6.07, 6.45) is -0.134. The summed E-state index contributed by atoms with van der Waals surface area (Å²) in [7, 11) is 0. The zero-order valence-electron chi connectivity index (χ0n) is 10.2. The van der Waals surface area contributed by atoms with Gasteiger partial charge in [0, 0.05) is 0 Å².